The van der Waals surface area contributed by atoms with Crippen molar-refractivity contribution in [3.8, 4) is 0 Å². The predicted octanol–water partition coefficient (Wildman–Crippen LogP) is 1.73. The van der Waals surface area contributed by atoms with Crippen molar-refractivity contribution in [3.05, 3.63) is 11.1 Å². The summed E-state index contributed by atoms with van der Waals surface area (Å²) >= 11 is 10.8. The van der Waals surface area contributed by atoms with E-state index in [0.29, 0.717) is 17.3 Å². The molecule has 0 amide bonds. The first-order valence-corrected chi connectivity index (χ1v) is 3.24. The maximum Gasteiger partial charge on any atom is 0.0578 e. The van der Waals surface area contributed by atoms with Crippen molar-refractivity contribution in [1.29, 1.82) is 0 Å². The molecule has 0 saturated heterocycles. The number of aliphatic hydroxyl groups is 1. The van der Waals surface area contributed by atoms with Gasteiger partial charge in [0.1, 0.15) is 0 Å². The molecule has 0 fully saturated rings. The van der Waals surface area contributed by atoms with Gasteiger partial charge in [-0.3, -0.25) is 0 Å². The van der Waals surface area contributed by atoms with Crippen LogP contribution in [0.3, 0.4) is 0 Å². The highest BCUT2D eigenvalue weighted by Crippen LogP contribution is 2.03. The molecule has 0 saturated carbocycles. The van der Waals surface area contributed by atoms with Gasteiger partial charge in [-0.2, -0.15) is 0 Å². The third-order valence-electron chi connectivity index (χ3n) is 0.623. The van der Waals surface area contributed by atoms with E-state index >= 15 is 0 Å². The molecule has 0 aromatic heterocycles. The minimum atomic E-state index is 0.132. The quantitative estimate of drug-likeness (QED) is 0.615. The van der Waals surface area contributed by atoms with E-state index in [9.17, 15) is 0 Å². The summed E-state index contributed by atoms with van der Waals surface area (Å²) < 4.78 is 0. The second kappa shape index (κ2) is 5.42. The first-order valence-electron chi connectivity index (χ1n) is 2.32. The Bertz CT molecular complexity index is 80.5. The smallest absolute Gasteiger partial charge is 0.0578 e. The summed E-state index contributed by atoms with van der Waals surface area (Å²) in [6.07, 6.45) is 2.29. The number of aliphatic hydroxyl groups excluding tert-OH is 1. The van der Waals surface area contributed by atoms with E-state index in [1.165, 1.54) is 0 Å². The first kappa shape index (κ1) is 8.28. The van der Waals surface area contributed by atoms with E-state index in [1.807, 2.05) is 0 Å². The zero-order valence-corrected chi connectivity index (χ0v) is 5.91. The lowest BCUT2D eigenvalue weighted by Crippen LogP contribution is -1.78. The zero-order chi connectivity index (χ0) is 6.41. The van der Waals surface area contributed by atoms with Gasteiger partial charge in [-0.25, -0.2) is 0 Å². The summed E-state index contributed by atoms with van der Waals surface area (Å²) in [5.74, 6) is 0.335. The first-order chi connectivity index (χ1) is 3.81. The maximum atomic E-state index is 8.26. The van der Waals surface area contributed by atoms with Gasteiger partial charge in [0.05, 0.1) is 5.88 Å². The van der Waals surface area contributed by atoms with Crippen LogP contribution in [0.1, 0.15) is 6.42 Å². The lowest BCUT2D eigenvalue weighted by molar-refractivity contribution is 0.302. The van der Waals surface area contributed by atoms with Gasteiger partial charge in [0.15, 0.2) is 0 Å². The molecule has 0 aromatic carbocycles. The molecule has 0 heterocycles. The summed E-state index contributed by atoms with van der Waals surface area (Å²) in [5, 5.41) is 8.86. The molecule has 0 spiro atoms. The van der Waals surface area contributed by atoms with Crippen LogP contribution in [-0.2, 0) is 0 Å². The van der Waals surface area contributed by atoms with Crippen LogP contribution in [0, 0.1) is 0 Å². The number of hydrogen-bond acceptors (Lipinski definition) is 1. The molecule has 0 rings (SSSR count). The van der Waals surface area contributed by atoms with Crippen molar-refractivity contribution in [2.24, 2.45) is 0 Å². The Morgan fingerprint density at radius 3 is 2.62 bits per heavy atom. The summed E-state index contributed by atoms with van der Waals surface area (Å²) in [5.41, 5.74) is 0. The minimum Gasteiger partial charge on any atom is -0.396 e. The minimum absolute atomic E-state index is 0.132. The van der Waals surface area contributed by atoms with Crippen LogP contribution in [0.15, 0.2) is 11.1 Å². The fourth-order valence-corrected chi connectivity index (χ4v) is 0.494. The lowest BCUT2D eigenvalue weighted by Gasteiger charge is -1.87. The van der Waals surface area contributed by atoms with Crippen molar-refractivity contribution in [1.82, 2.24) is 0 Å². The molecule has 0 aromatic rings. The number of halogens is 2. The van der Waals surface area contributed by atoms with Crippen molar-refractivity contribution in [3.63, 3.8) is 0 Å². The molecule has 3 heteroatoms. The monoisotopic (exact) mass is 154 g/mol. The average Bonchev–Trinajstić information content (AvgIpc) is 1.83. The Morgan fingerprint density at radius 1 is 1.62 bits per heavy atom. The van der Waals surface area contributed by atoms with Crippen molar-refractivity contribution in [2.75, 3.05) is 12.5 Å². The van der Waals surface area contributed by atoms with Crippen molar-refractivity contribution in [2.45, 2.75) is 6.42 Å². The molecule has 0 bridgehead atoms. The van der Waals surface area contributed by atoms with Crippen molar-refractivity contribution >= 4 is 23.2 Å². The SMILES string of the molecule is OCC/C=C(\Cl)CCl. The molecular weight excluding hydrogens is 147 g/mol. The Balaban J connectivity index is 3.26. The number of rotatable bonds is 3. The number of allylic oxidation sites excluding steroid dienone is 1. The molecule has 0 atom stereocenters. The van der Waals surface area contributed by atoms with Crippen LogP contribution in [0.2, 0.25) is 0 Å². The van der Waals surface area contributed by atoms with Crippen LogP contribution < -0.4 is 0 Å². The molecule has 0 aliphatic heterocycles. The van der Waals surface area contributed by atoms with E-state index in [4.69, 9.17) is 28.3 Å². The topological polar surface area (TPSA) is 20.2 Å². The highest BCUT2D eigenvalue weighted by atomic mass is 35.5. The van der Waals surface area contributed by atoms with Crippen LogP contribution in [0.4, 0.5) is 0 Å². The summed E-state index contributed by atoms with van der Waals surface area (Å²) in [4.78, 5) is 0. The van der Waals surface area contributed by atoms with Crippen LogP contribution in [0.25, 0.3) is 0 Å². The Labute approximate surface area is 58.9 Å². The molecule has 0 aliphatic rings. The fourth-order valence-electron chi connectivity index (χ4n) is 0.276. The predicted molar refractivity (Wildman–Crippen MR) is 36.4 cm³/mol. The molecule has 1 nitrogen and oxygen atoms in total. The third kappa shape index (κ3) is 4.44. The number of hydrogen-bond donors (Lipinski definition) is 1. The van der Waals surface area contributed by atoms with Crippen molar-refractivity contribution < 1.29 is 5.11 Å². The fraction of sp³-hybridized carbons (Fsp3) is 0.600. The average molecular weight is 155 g/mol. The largest absolute Gasteiger partial charge is 0.396 e. The highest BCUT2D eigenvalue weighted by molar-refractivity contribution is 6.35. The molecule has 0 radical (unpaired) electrons. The lowest BCUT2D eigenvalue weighted by atomic mass is 10.4. The summed E-state index contributed by atoms with van der Waals surface area (Å²) in [6.45, 7) is 0.132. The van der Waals surface area contributed by atoms with E-state index in [-0.39, 0.29) is 6.61 Å². The standard InChI is InChI=1S/C5H8Cl2O/c6-4-5(7)2-1-3-8/h2,8H,1,3-4H2/b5-2-. The zero-order valence-electron chi connectivity index (χ0n) is 4.40. The molecular formula is C5H8Cl2O. The second-order valence-corrected chi connectivity index (χ2v) is 2.05. The Hall–Kier alpha value is 0.280. The van der Waals surface area contributed by atoms with E-state index in [1.54, 1.807) is 6.08 Å². The molecule has 1 N–H and O–H groups in total. The van der Waals surface area contributed by atoms with Crippen LogP contribution in [0.5, 0.6) is 0 Å². The van der Waals surface area contributed by atoms with E-state index in [2.05, 4.69) is 0 Å². The Morgan fingerprint density at radius 2 is 2.25 bits per heavy atom. The van der Waals surface area contributed by atoms with Gasteiger partial charge in [-0.1, -0.05) is 17.7 Å². The van der Waals surface area contributed by atoms with Gasteiger partial charge in [0, 0.05) is 11.6 Å². The molecule has 0 aliphatic carbocycles. The summed E-state index contributed by atoms with van der Waals surface area (Å²) in [7, 11) is 0. The van der Waals surface area contributed by atoms with Gasteiger partial charge in [0.25, 0.3) is 0 Å². The van der Waals surface area contributed by atoms with Gasteiger partial charge < -0.3 is 5.11 Å². The van der Waals surface area contributed by atoms with Gasteiger partial charge in [-0.05, 0) is 6.42 Å². The van der Waals surface area contributed by atoms with Gasteiger partial charge in [0.2, 0.25) is 0 Å². The molecule has 8 heavy (non-hydrogen) atoms. The van der Waals surface area contributed by atoms with Gasteiger partial charge >= 0.3 is 0 Å². The highest BCUT2D eigenvalue weighted by Gasteiger charge is 1.84. The van der Waals surface area contributed by atoms with E-state index < -0.39 is 0 Å². The van der Waals surface area contributed by atoms with E-state index in [0.717, 1.165) is 0 Å². The van der Waals surface area contributed by atoms with Crippen LogP contribution in [-0.4, -0.2) is 17.6 Å². The maximum absolute atomic E-state index is 8.26. The third-order valence-corrected chi connectivity index (χ3v) is 1.34. The second-order valence-electron chi connectivity index (χ2n) is 1.30. The molecule has 0 unspecified atom stereocenters. The molecule has 48 valence electrons. The summed E-state index contributed by atoms with van der Waals surface area (Å²) in [6, 6.07) is 0. The van der Waals surface area contributed by atoms with Crippen LogP contribution >= 0.6 is 23.2 Å². The number of alkyl halides is 1. The van der Waals surface area contributed by atoms with Gasteiger partial charge in [-0.15, -0.1) is 11.6 Å². The Kier molecular flexibility index (Phi) is 5.61. The normalized spacial score (nSPS) is 12.1.